The Morgan fingerprint density at radius 3 is 3.00 bits per heavy atom. The number of rotatable bonds is 5. The third-order valence-corrected chi connectivity index (χ3v) is 2.69. The van der Waals surface area contributed by atoms with Gasteiger partial charge < -0.3 is 10.1 Å². The van der Waals surface area contributed by atoms with Crippen molar-refractivity contribution in [1.29, 1.82) is 0 Å². The highest BCUT2D eigenvalue weighted by atomic mass is 35.5. The zero-order chi connectivity index (χ0) is 12.0. The van der Waals surface area contributed by atoms with E-state index >= 15 is 0 Å². The molecule has 0 unspecified atom stereocenters. The first kappa shape index (κ1) is 12.9. The topological polar surface area (TPSA) is 68.3 Å². The number of aromatic nitrogens is 1. The van der Waals surface area contributed by atoms with Crippen molar-refractivity contribution >= 4 is 34.8 Å². The molecule has 0 aliphatic rings. The van der Waals surface area contributed by atoms with Gasteiger partial charge in [0.1, 0.15) is 10.9 Å². The zero-order valence-electron chi connectivity index (χ0n) is 8.66. The summed E-state index contributed by atoms with van der Waals surface area (Å²) in [4.78, 5) is 26.2. The van der Waals surface area contributed by atoms with Gasteiger partial charge in [0.15, 0.2) is 5.69 Å². The van der Waals surface area contributed by atoms with Gasteiger partial charge in [0, 0.05) is 5.38 Å². The Morgan fingerprint density at radius 2 is 2.38 bits per heavy atom. The first-order chi connectivity index (χ1) is 7.67. The lowest BCUT2D eigenvalue weighted by Crippen LogP contribution is -2.23. The average Bonchev–Trinajstić information content (AvgIpc) is 2.75. The maximum absolute atomic E-state index is 11.3. The predicted octanol–water partition coefficient (Wildman–Crippen LogP) is 1.17. The number of carbonyl (C=O) groups is 2. The second kappa shape index (κ2) is 6.44. The summed E-state index contributed by atoms with van der Waals surface area (Å²) in [6.45, 7) is 2.32. The van der Waals surface area contributed by atoms with Crippen molar-refractivity contribution in [2.75, 3.05) is 12.5 Å². The number of hydrogen-bond donors (Lipinski definition) is 1. The van der Waals surface area contributed by atoms with Crippen LogP contribution in [0.1, 0.15) is 22.4 Å². The Kier molecular flexibility index (Phi) is 5.21. The van der Waals surface area contributed by atoms with Crippen LogP contribution in [0, 0.1) is 0 Å². The molecule has 1 amide bonds. The van der Waals surface area contributed by atoms with Crippen LogP contribution < -0.4 is 5.32 Å². The minimum atomic E-state index is -0.450. The van der Waals surface area contributed by atoms with Gasteiger partial charge in [-0.3, -0.25) is 4.79 Å². The summed E-state index contributed by atoms with van der Waals surface area (Å²) in [7, 11) is 0. The SMILES string of the molecule is CCOC(=O)c1csc(CNC(=O)CCl)n1. The average molecular weight is 263 g/mol. The number of amides is 1. The lowest BCUT2D eigenvalue weighted by Gasteiger charge is -1.98. The molecular weight excluding hydrogens is 252 g/mol. The van der Waals surface area contributed by atoms with Crippen LogP contribution in [0.25, 0.3) is 0 Å². The first-order valence-corrected chi connectivity index (χ1v) is 6.03. The van der Waals surface area contributed by atoms with E-state index in [9.17, 15) is 9.59 Å². The van der Waals surface area contributed by atoms with Gasteiger partial charge in [0.25, 0.3) is 0 Å². The Bertz CT molecular complexity index is 381. The molecular formula is C9H11ClN2O3S. The van der Waals surface area contributed by atoms with E-state index in [0.29, 0.717) is 11.6 Å². The normalized spacial score (nSPS) is 9.88. The Morgan fingerprint density at radius 1 is 1.62 bits per heavy atom. The van der Waals surface area contributed by atoms with Crippen LogP contribution in [0.5, 0.6) is 0 Å². The van der Waals surface area contributed by atoms with Gasteiger partial charge in [0.05, 0.1) is 13.2 Å². The lowest BCUT2D eigenvalue weighted by molar-refractivity contribution is -0.118. The van der Waals surface area contributed by atoms with E-state index in [1.54, 1.807) is 12.3 Å². The fourth-order valence-corrected chi connectivity index (χ4v) is 1.71. The number of thiazole rings is 1. The van der Waals surface area contributed by atoms with E-state index in [2.05, 4.69) is 10.3 Å². The number of ether oxygens (including phenoxy) is 1. The van der Waals surface area contributed by atoms with Crippen LogP contribution in [0.3, 0.4) is 0 Å². The fraction of sp³-hybridized carbons (Fsp3) is 0.444. The molecule has 0 fully saturated rings. The van der Waals surface area contributed by atoms with E-state index in [0.717, 1.165) is 0 Å². The van der Waals surface area contributed by atoms with Crippen LogP contribution in [0.15, 0.2) is 5.38 Å². The second-order valence-electron chi connectivity index (χ2n) is 2.76. The number of nitrogens with zero attached hydrogens (tertiary/aromatic N) is 1. The zero-order valence-corrected chi connectivity index (χ0v) is 10.2. The molecule has 0 aliphatic carbocycles. The monoisotopic (exact) mass is 262 g/mol. The van der Waals surface area contributed by atoms with Crippen molar-refractivity contribution in [3.05, 3.63) is 16.1 Å². The number of esters is 1. The quantitative estimate of drug-likeness (QED) is 0.639. The summed E-state index contributed by atoms with van der Waals surface area (Å²) in [5, 5.41) is 4.80. The number of halogens is 1. The summed E-state index contributed by atoms with van der Waals surface area (Å²) in [6.07, 6.45) is 0. The molecule has 7 heteroatoms. The second-order valence-corrected chi connectivity index (χ2v) is 3.97. The van der Waals surface area contributed by atoms with Crippen molar-refractivity contribution in [2.24, 2.45) is 0 Å². The van der Waals surface area contributed by atoms with Gasteiger partial charge in [-0.2, -0.15) is 0 Å². The molecule has 0 radical (unpaired) electrons. The first-order valence-electron chi connectivity index (χ1n) is 4.61. The number of alkyl halides is 1. The van der Waals surface area contributed by atoms with Crippen molar-refractivity contribution in [3.8, 4) is 0 Å². The number of carbonyl (C=O) groups excluding carboxylic acids is 2. The van der Waals surface area contributed by atoms with Gasteiger partial charge in [-0.1, -0.05) is 0 Å². The Hall–Kier alpha value is -1.14. The molecule has 1 aromatic rings. The van der Waals surface area contributed by atoms with Gasteiger partial charge in [-0.15, -0.1) is 22.9 Å². The molecule has 88 valence electrons. The smallest absolute Gasteiger partial charge is 0.357 e. The molecule has 0 saturated heterocycles. The summed E-state index contributed by atoms with van der Waals surface area (Å²) in [6, 6.07) is 0. The molecule has 0 aromatic carbocycles. The Labute approximate surface area is 102 Å². The van der Waals surface area contributed by atoms with Crippen LogP contribution in [0.2, 0.25) is 0 Å². The maximum Gasteiger partial charge on any atom is 0.357 e. The molecule has 1 N–H and O–H groups in total. The van der Waals surface area contributed by atoms with E-state index < -0.39 is 5.97 Å². The predicted molar refractivity (Wildman–Crippen MR) is 60.6 cm³/mol. The van der Waals surface area contributed by atoms with Gasteiger partial charge >= 0.3 is 5.97 Å². The van der Waals surface area contributed by atoms with E-state index in [4.69, 9.17) is 16.3 Å². The van der Waals surface area contributed by atoms with Crippen molar-refractivity contribution in [3.63, 3.8) is 0 Å². The third kappa shape index (κ3) is 3.79. The van der Waals surface area contributed by atoms with Crippen LogP contribution in [-0.2, 0) is 16.1 Å². The highest BCUT2D eigenvalue weighted by molar-refractivity contribution is 7.09. The van der Waals surface area contributed by atoms with Crippen molar-refractivity contribution in [1.82, 2.24) is 10.3 Å². The fourth-order valence-electron chi connectivity index (χ4n) is 0.912. The standard InChI is InChI=1S/C9H11ClN2O3S/c1-2-15-9(14)6-5-16-8(12-6)4-11-7(13)3-10/h5H,2-4H2,1H3,(H,11,13). The molecule has 5 nitrogen and oxygen atoms in total. The number of hydrogen-bond acceptors (Lipinski definition) is 5. The summed E-state index contributed by atoms with van der Waals surface area (Å²) in [5.41, 5.74) is 0.266. The molecule has 0 spiro atoms. The minimum Gasteiger partial charge on any atom is -0.461 e. The molecule has 1 rings (SSSR count). The van der Waals surface area contributed by atoms with Crippen molar-refractivity contribution in [2.45, 2.75) is 13.5 Å². The molecule has 0 saturated carbocycles. The molecule has 16 heavy (non-hydrogen) atoms. The summed E-state index contributed by atoms with van der Waals surface area (Å²) < 4.78 is 4.78. The van der Waals surface area contributed by atoms with Crippen LogP contribution in [0.4, 0.5) is 0 Å². The van der Waals surface area contributed by atoms with Gasteiger partial charge in [0.2, 0.25) is 5.91 Å². The lowest BCUT2D eigenvalue weighted by atomic mass is 10.5. The third-order valence-electron chi connectivity index (χ3n) is 1.59. The van der Waals surface area contributed by atoms with Gasteiger partial charge in [-0.25, -0.2) is 9.78 Å². The molecule has 1 aromatic heterocycles. The summed E-state index contributed by atoms with van der Waals surface area (Å²) >= 11 is 6.60. The molecule has 0 bridgehead atoms. The molecule has 0 atom stereocenters. The molecule has 0 aliphatic heterocycles. The minimum absolute atomic E-state index is 0.0872. The number of nitrogens with one attached hydrogen (secondary N) is 1. The van der Waals surface area contributed by atoms with E-state index in [1.807, 2.05) is 0 Å². The van der Waals surface area contributed by atoms with Crippen molar-refractivity contribution < 1.29 is 14.3 Å². The Balaban J connectivity index is 2.51. The highest BCUT2D eigenvalue weighted by Gasteiger charge is 2.11. The highest BCUT2D eigenvalue weighted by Crippen LogP contribution is 2.10. The van der Waals surface area contributed by atoms with E-state index in [-0.39, 0.29) is 24.0 Å². The largest absolute Gasteiger partial charge is 0.461 e. The van der Waals surface area contributed by atoms with Crippen LogP contribution >= 0.6 is 22.9 Å². The maximum atomic E-state index is 11.3. The van der Waals surface area contributed by atoms with Gasteiger partial charge in [-0.05, 0) is 6.92 Å². The van der Waals surface area contributed by atoms with Crippen LogP contribution in [-0.4, -0.2) is 29.3 Å². The molecule has 1 heterocycles. The summed E-state index contributed by atoms with van der Waals surface area (Å²) in [5.74, 6) is -0.806. The van der Waals surface area contributed by atoms with E-state index in [1.165, 1.54) is 11.3 Å².